The third-order valence-electron chi connectivity index (χ3n) is 2.77. The zero-order chi connectivity index (χ0) is 16.7. The molecule has 1 amide bonds. The molecule has 0 aliphatic carbocycles. The molecule has 1 aromatic carbocycles. The highest BCUT2D eigenvalue weighted by atomic mass is 16.6. The van der Waals surface area contributed by atoms with Crippen molar-refractivity contribution < 1.29 is 19.2 Å². The smallest absolute Gasteiger partial charge is 0.339 e. The van der Waals surface area contributed by atoms with Crippen LogP contribution in [0.4, 0.5) is 11.4 Å². The second-order valence-electron chi connectivity index (χ2n) is 4.32. The van der Waals surface area contributed by atoms with Crippen molar-refractivity contribution in [1.82, 2.24) is 5.32 Å². The lowest BCUT2D eigenvalue weighted by Gasteiger charge is -2.13. The molecule has 1 rings (SSSR count). The molecule has 0 unspecified atom stereocenters. The minimum absolute atomic E-state index is 0.00549. The minimum atomic E-state index is -1.02. The number of rotatable bonds is 7. The SMILES string of the molecule is C=CCNC(=O)[C@@H](C)OC(=O)c1ccc(NC)c([N+](=O)[O-])c1. The Hall–Kier alpha value is -2.90. The fraction of sp³-hybridized carbons (Fsp3) is 0.286. The molecule has 0 aliphatic rings. The summed E-state index contributed by atoms with van der Waals surface area (Å²) < 4.78 is 4.98. The number of amides is 1. The number of ether oxygens (including phenoxy) is 1. The van der Waals surface area contributed by atoms with Crippen LogP contribution in [0, 0.1) is 10.1 Å². The number of anilines is 1. The van der Waals surface area contributed by atoms with Crippen molar-refractivity contribution in [3.05, 3.63) is 46.5 Å². The maximum atomic E-state index is 11.9. The van der Waals surface area contributed by atoms with Gasteiger partial charge in [0.1, 0.15) is 5.69 Å². The molecule has 0 heterocycles. The van der Waals surface area contributed by atoms with Gasteiger partial charge in [0.15, 0.2) is 6.10 Å². The molecular weight excluding hydrogens is 290 g/mol. The molecule has 0 bridgehead atoms. The van der Waals surface area contributed by atoms with Gasteiger partial charge in [0.25, 0.3) is 11.6 Å². The molecule has 2 N–H and O–H groups in total. The molecule has 0 aliphatic heterocycles. The number of carbonyl (C=O) groups is 2. The van der Waals surface area contributed by atoms with Crippen LogP contribution < -0.4 is 10.6 Å². The summed E-state index contributed by atoms with van der Waals surface area (Å²) in [6, 6.07) is 3.88. The molecule has 0 saturated heterocycles. The summed E-state index contributed by atoms with van der Waals surface area (Å²) in [5, 5.41) is 16.1. The van der Waals surface area contributed by atoms with Crippen molar-refractivity contribution in [2.45, 2.75) is 13.0 Å². The number of carbonyl (C=O) groups excluding carboxylic acids is 2. The lowest BCUT2D eigenvalue weighted by molar-refractivity contribution is -0.384. The summed E-state index contributed by atoms with van der Waals surface area (Å²) in [6.07, 6.45) is 0.474. The quantitative estimate of drug-likeness (QED) is 0.342. The zero-order valence-electron chi connectivity index (χ0n) is 12.3. The highest BCUT2D eigenvalue weighted by molar-refractivity contribution is 5.93. The average molecular weight is 307 g/mol. The maximum Gasteiger partial charge on any atom is 0.339 e. The third kappa shape index (κ3) is 4.30. The predicted molar refractivity (Wildman–Crippen MR) is 80.7 cm³/mol. The Morgan fingerprint density at radius 2 is 2.18 bits per heavy atom. The van der Waals surface area contributed by atoms with E-state index in [1.54, 1.807) is 0 Å². The maximum absolute atomic E-state index is 11.9. The highest BCUT2D eigenvalue weighted by Gasteiger charge is 2.21. The van der Waals surface area contributed by atoms with Crippen LogP contribution in [0.3, 0.4) is 0 Å². The number of hydrogen-bond donors (Lipinski definition) is 2. The first kappa shape index (κ1) is 17.2. The predicted octanol–water partition coefficient (Wildman–Crippen LogP) is 1.48. The van der Waals surface area contributed by atoms with E-state index >= 15 is 0 Å². The number of hydrogen-bond acceptors (Lipinski definition) is 6. The summed E-state index contributed by atoms with van der Waals surface area (Å²) in [5.41, 5.74) is 0.0214. The normalized spacial score (nSPS) is 11.2. The number of nitrogens with one attached hydrogen (secondary N) is 2. The summed E-state index contributed by atoms with van der Waals surface area (Å²) >= 11 is 0. The van der Waals surface area contributed by atoms with Crippen LogP contribution in [0.1, 0.15) is 17.3 Å². The number of nitro benzene ring substituents is 1. The van der Waals surface area contributed by atoms with Gasteiger partial charge in [0.2, 0.25) is 0 Å². The van der Waals surface area contributed by atoms with Gasteiger partial charge >= 0.3 is 5.97 Å². The van der Waals surface area contributed by atoms with Crippen molar-refractivity contribution in [2.75, 3.05) is 18.9 Å². The van der Waals surface area contributed by atoms with E-state index in [0.29, 0.717) is 0 Å². The molecule has 0 radical (unpaired) electrons. The molecule has 22 heavy (non-hydrogen) atoms. The van der Waals surface area contributed by atoms with Crippen LogP contribution in [0.25, 0.3) is 0 Å². The Balaban J connectivity index is 2.85. The zero-order valence-corrected chi connectivity index (χ0v) is 12.3. The second-order valence-corrected chi connectivity index (χ2v) is 4.32. The van der Waals surface area contributed by atoms with E-state index in [1.165, 1.54) is 32.2 Å². The number of nitrogens with zero attached hydrogens (tertiary/aromatic N) is 1. The molecule has 0 spiro atoms. The molecule has 118 valence electrons. The fourth-order valence-electron chi connectivity index (χ4n) is 1.62. The number of nitro groups is 1. The first-order chi connectivity index (χ1) is 10.4. The molecule has 0 fully saturated rings. The van der Waals surface area contributed by atoms with Crippen LogP contribution in [0.5, 0.6) is 0 Å². The van der Waals surface area contributed by atoms with Crippen molar-refractivity contribution in [3.63, 3.8) is 0 Å². The molecular formula is C14H17N3O5. The highest BCUT2D eigenvalue weighted by Crippen LogP contribution is 2.25. The van der Waals surface area contributed by atoms with Gasteiger partial charge in [0.05, 0.1) is 10.5 Å². The Morgan fingerprint density at radius 1 is 1.50 bits per heavy atom. The van der Waals surface area contributed by atoms with Crippen LogP contribution >= 0.6 is 0 Å². The van der Waals surface area contributed by atoms with E-state index in [9.17, 15) is 19.7 Å². The van der Waals surface area contributed by atoms with Gasteiger partial charge in [-0.15, -0.1) is 6.58 Å². The van der Waals surface area contributed by atoms with Crippen LogP contribution in [0.15, 0.2) is 30.9 Å². The van der Waals surface area contributed by atoms with Gasteiger partial charge < -0.3 is 15.4 Å². The van der Waals surface area contributed by atoms with Gasteiger partial charge in [-0.05, 0) is 19.1 Å². The number of esters is 1. The summed E-state index contributed by atoms with van der Waals surface area (Å²) in [5.74, 6) is -1.29. The number of benzene rings is 1. The Bertz CT molecular complexity index is 600. The Morgan fingerprint density at radius 3 is 2.73 bits per heavy atom. The van der Waals surface area contributed by atoms with Gasteiger partial charge in [-0.1, -0.05) is 6.08 Å². The van der Waals surface area contributed by atoms with Crippen LogP contribution in [-0.2, 0) is 9.53 Å². The summed E-state index contributed by atoms with van der Waals surface area (Å²) in [6.45, 7) is 5.11. The molecule has 0 aromatic heterocycles. The topological polar surface area (TPSA) is 111 Å². The second kappa shape index (κ2) is 7.77. The molecule has 8 nitrogen and oxygen atoms in total. The molecule has 1 aromatic rings. The van der Waals surface area contributed by atoms with Crippen molar-refractivity contribution in [1.29, 1.82) is 0 Å². The van der Waals surface area contributed by atoms with Crippen molar-refractivity contribution in [2.24, 2.45) is 0 Å². The summed E-state index contributed by atoms with van der Waals surface area (Å²) in [7, 11) is 1.53. The van der Waals surface area contributed by atoms with E-state index in [-0.39, 0.29) is 23.5 Å². The Kier molecular flexibility index (Phi) is 6.06. The third-order valence-corrected chi connectivity index (χ3v) is 2.77. The lowest BCUT2D eigenvalue weighted by atomic mass is 10.1. The van der Waals surface area contributed by atoms with E-state index in [0.717, 1.165) is 6.07 Å². The largest absolute Gasteiger partial charge is 0.449 e. The van der Waals surface area contributed by atoms with Crippen molar-refractivity contribution >= 4 is 23.3 Å². The first-order valence-electron chi connectivity index (χ1n) is 6.46. The monoisotopic (exact) mass is 307 g/mol. The molecule has 8 heteroatoms. The van der Waals surface area contributed by atoms with Gasteiger partial charge in [-0.3, -0.25) is 14.9 Å². The van der Waals surface area contributed by atoms with Crippen LogP contribution in [0.2, 0.25) is 0 Å². The standard InChI is InChI=1S/C14H17N3O5/c1-4-7-16-13(18)9(2)22-14(19)10-5-6-11(15-3)12(8-10)17(20)21/h4-6,8-9,15H,1,7H2,2-3H3,(H,16,18)/t9-/m1/s1. The van der Waals surface area contributed by atoms with E-state index in [4.69, 9.17) is 4.74 Å². The Labute approximate surface area is 127 Å². The van der Waals surface area contributed by atoms with E-state index in [1.807, 2.05) is 0 Å². The summed E-state index contributed by atoms with van der Waals surface area (Å²) in [4.78, 5) is 33.9. The van der Waals surface area contributed by atoms with E-state index in [2.05, 4.69) is 17.2 Å². The van der Waals surface area contributed by atoms with Gasteiger partial charge in [-0.25, -0.2) is 4.79 Å². The molecule has 0 saturated carbocycles. The average Bonchev–Trinajstić information content (AvgIpc) is 2.51. The van der Waals surface area contributed by atoms with Gasteiger partial charge in [0, 0.05) is 19.7 Å². The fourth-order valence-corrected chi connectivity index (χ4v) is 1.62. The molecule has 1 atom stereocenters. The van der Waals surface area contributed by atoms with Crippen LogP contribution in [-0.4, -0.2) is 36.5 Å². The van der Waals surface area contributed by atoms with Gasteiger partial charge in [-0.2, -0.15) is 0 Å². The van der Waals surface area contributed by atoms with E-state index < -0.39 is 22.9 Å². The minimum Gasteiger partial charge on any atom is -0.449 e. The lowest BCUT2D eigenvalue weighted by Crippen LogP contribution is -2.35. The first-order valence-corrected chi connectivity index (χ1v) is 6.46. The van der Waals surface area contributed by atoms with Crippen molar-refractivity contribution in [3.8, 4) is 0 Å².